The van der Waals surface area contributed by atoms with E-state index in [0.29, 0.717) is 49.9 Å². The van der Waals surface area contributed by atoms with E-state index < -0.39 is 29.1 Å². The van der Waals surface area contributed by atoms with Crippen LogP contribution in [0.2, 0.25) is 0 Å². The van der Waals surface area contributed by atoms with Gasteiger partial charge >= 0.3 is 5.97 Å². The van der Waals surface area contributed by atoms with E-state index in [4.69, 9.17) is 4.74 Å². The summed E-state index contributed by atoms with van der Waals surface area (Å²) in [6.45, 7) is 5.88. The van der Waals surface area contributed by atoms with Crippen LogP contribution in [0.4, 0.5) is 0 Å². The number of carbonyl (C=O) groups is 3. The van der Waals surface area contributed by atoms with Gasteiger partial charge in [-0.15, -0.1) is 0 Å². The highest BCUT2D eigenvalue weighted by molar-refractivity contribution is 6.38. The van der Waals surface area contributed by atoms with Gasteiger partial charge in [0.25, 0.3) is 5.91 Å². The van der Waals surface area contributed by atoms with Crippen molar-refractivity contribution in [3.05, 3.63) is 47.3 Å². The predicted octanol–water partition coefficient (Wildman–Crippen LogP) is 2.95. The molecule has 166 valence electrons. The molecule has 0 N–H and O–H groups in total. The van der Waals surface area contributed by atoms with Crippen molar-refractivity contribution in [1.29, 1.82) is 0 Å². The number of likely N-dealkylation sites (tertiary alicyclic amines) is 1. The second-order valence-corrected chi connectivity index (χ2v) is 8.67. The Bertz CT molecular complexity index is 985. The number of hydrogen-bond acceptors (Lipinski definition) is 5. The molecule has 3 rings (SSSR count). The summed E-state index contributed by atoms with van der Waals surface area (Å²) in [6, 6.07) is 10.3. The number of Topliss-reactive ketones (excluding diaryl/α,β-unsaturated/α-hetero) is 1. The van der Waals surface area contributed by atoms with Crippen molar-refractivity contribution < 1.29 is 23.9 Å². The third-order valence-electron chi connectivity index (χ3n) is 6.17. The van der Waals surface area contributed by atoms with Crippen molar-refractivity contribution in [2.24, 2.45) is 5.41 Å². The van der Waals surface area contributed by atoms with Crippen LogP contribution in [-0.4, -0.2) is 41.8 Å². The quantitative estimate of drug-likeness (QED) is 0.213. The highest BCUT2D eigenvalue weighted by atomic mass is 16.5. The van der Waals surface area contributed by atoms with Crippen molar-refractivity contribution in [2.45, 2.75) is 58.9 Å². The van der Waals surface area contributed by atoms with Crippen molar-refractivity contribution in [3.8, 4) is 0 Å². The highest BCUT2D eigenvalue weighted by Gasteiger charge is 2.41. The van der Waals surface area contributed by atoms with Crippen molar-refractivity contribution in [2.75, 3.05) is 13.2 Å². The van der Waals surface area contributed by atoms with Gasteiger partial charge in [0, 0.05) is 35.9 Å². The van der Waals surface area contributed by atoms with E-state index >= 15 is 0 Å². The number of ether oxygens (including phenoxy) is 1. The molecule has 2 aromatic rings. The van der Waals surface area contributed by atoms with Crippen LogP contribution < -0.4 is 4.73 Å². The lowest BCUT2D eigenvalue weighted by Crippen LogP contribution is -2.48. The molecular formula is C24H30N2O5. The maximum atomic E-state index is 12.7. The van der Waals surface area contributed by atoms with Crippen LogP contribution in [-0.2, 0) is 25.5 Å². The Labute approximate surface area is 182 Å². The number of fused-ring (bicyclic) bond motifs is 1. The number of para-hydroxylation sites is 1. The number of pyridine rings is 1. The number of rotatable bonds is 8. The molecule has 0 aliphatic carbocycles. The molecule has 0 spiro atoms. The van der Waals surface area contributed by atoms with Gasteiger partial charge in [-0.05, 0) is 37.8 Å². The summed E-state index contributed by atoms with van der Waals surface area (Å²) in [4.78, 5) is 39.1. The number of carbonyl (C=O) groups excluding carboxylic acids is 3. The van der Waals surface area contributed by atoms with E-state index in [0.717, 1.165) is 10.1 Å². The number of hydrogen-bond donors (Lipinski definition) is 0. The lowest BCUT2D eigenvalue weighted by Gasteiger charge is -2.27. The molecule has 1 aliphatic heterocycles. The SMILES string of the molecule is CCC(C)(C)C(=O)C(=O)N1CCCC1C(=O)OCCCc1ccc2ccccc2[n+]1[O-]. The molecule has 1 aliphatic rings. The van der Waals surface area contributed by atoms with Gasteiger partial charge < -0.3 is 14.8 Å². The maximum Gasteiger partial charge on any atom is 0.328 e. The largest absolute Gasteiger partial charge is 0.618 e. The molecule has 0 bridgehead atoms. The van der Waals surface area contributed by atoms with E-state index in [1.807, 2.05) is 31.2 Å². The molecule has 7 nitrogen and oxygen atoms in total. The normalized spacial score (nSPS) is 16.5. The van der Waals surface area contributed by atoms with E-state index in [9.17, 15) is 19.6 Å². The highest BCUT2D eigenvalue weighted by Crippen LogP contribution is 2.26. The summed E-state index contributed by atoms with van der Waals surface area (Å²) >= 11 is 0. The van der Waals surface area contributed by atoms with Gasteiger partial charge in [-0.1, -0.05) is 32.9 Å². The second-order valence-electron chi connectivity index (χ2n) is 8.67. The van der Waals surface area contributed by atoms with E-state index in [1.54, 1.807) is 26.0 Å². The van der Waals surface area contributed by atoms with E-state index in [1.165, 1.54) is 4.90 Å². The second kappa shape index (κ2) is 9.45. The fraction of sp³-hybridized carbons (Fsp3) is 0.500. The Morgan fingerprint density at radius 2 is 1.94 bits per heavy atom. The predicted molar refractivity (Wildman–Crippen MR) is 116 cm³/mol. The molecule has 1 aromatic carbocycles. The Morgan fingerprint density at radius 1 is 1.19 bits per heavy atom. The van der Waals surface area contributed by atoms with Crippen molar-refractivity contribution in [1.82, 2.24) is 4.90 Å². The monoisotopic (exact) mass is 426 g/mol. The summed E-state index contributed by atoms with van der Waals surface area (Å²) in [5, 5.41) is 13.4. The van der Waals surface area contributed by atoms with Crippen LogP contribution in [0.1, 0.15) is 52.1 Å². The molecular weight excluding hydrogens is 396 g/mol. The first-order valence-corrected chi connectivity index (χ1v) is 10.9. The smallest absolute Gasteiger partial charge is 0.328 e. The molecule has 1 atom stereocenters. The van der Waals surface area contributed by atoms with Gasteiger partial charge in [-0.25, -0.2) is 4.79 Å². The van der Waals surface area contributed by atoms with Crippen LogP contribution >= 0.6 is 0 Å². The summed E-state index contributed by atoms with van der Waals surface area (Å²) < 4.78 is 6.30. The Morgan fingerprint density at radius 3 is 2.68 bits per heavy atom. The van der Waals surface area contributed by atoms with Gasteiger partial charge in [0.2, 0.25) is 11.3 Å². The number of amides is 1. The van der Waals surface area contributed by atoms with Gasteiger partial charge in [-0.2, -0.15) is 4.73 Å². The summed E-state index contributed by atoms with van der Waals surface area (Å²) in [6.07, 6.45) is 2.68. The van der Waals surface area contributed by atoms with Crippen LogP contribution in [0.15, 0.2) is 36.4 Å². The molecule has 2 heterocycles. The van der Waals surface area contributed by atoms with Gasteiger partial charge in [0.1, 0.15) is 6.04 Å². The summed E-state index contributed by atoms with van der Waals surface area (Å²) in [5.41, 5.74) is 0.471. The van der Waals surface area contributed by atoms with Crippen LogP contribution in [0.3, 0.4) is 0 Å². The zero-order chi connectivity index (χ0) is 22.6. The van der Waals surface area contributed by atoms with Crippen LogP contribution in [0, 0.1) is 10.6 Å². The number of aryl methyl sites for hydroxylation is 1. The Balaban J connectivity index is 1.54. The third kappa shape index (κ3) is 4.86. The molecule has 1 saturated heterocycles. The van der Waals surface area contributed by atoms with Crippen LogP contribution in [0.5, 0.6) is 0 Å². The topological polar surface area (TPSA) is 90.6 Å². The fourth-order valence-electron chi connectivity index (χ4n) is 3.76. The summed E-state index contributed by atoms with van der Waals surface area (Å²) in [5.74, 6) is -1.55. The molecule has 7 heteroatoms. The minimum atomic E-state index is -0.748. The average molecular weight is 427 g/mol. The molecule has 0 radical (unpaired) electrons. The molecule has 1 aromatic heterocycles. The lowest BCUT2D eigenvalue weighted by molar-refractivity contribution is -0.586. The van der Waals surface area contributed by atoms with Crippen LogP contribution in [0.25, 0.3) is 10.9 Å². The number of aromatic nitrogens is 1. The first-order valence-electron chi connectivity index (χ1n) is 10.9. The number of benzene rings is 1. The first-order chi connectivity index (χ1) is 14.8. The fourth-order valence-corrected chi connectivity index (χ4v) is 3.76. The van der Waals surface area contributed by atoms with Gasteiger partial charge in [-0.3, -0.25) is 9.59 Å². The zero-order valence-corrected chi connectivity index (χ0v) is 18.4. The lowest BCUT2D eigenvalue weighted by atomic mass is 9.84. The maximum absolute atomic E-state index is 12.7. The van der Waals surface area contributed by atoms with Gasteiger partial charge in [0.05, 0.1) is 6.61 Å². The standard InChI is InChI=1S/C24H30N2O5/c1-4-24(2,3)21(27)22(28)25-15-7-12-20(25)23(29)31-16-8-10-18-14-13-17-9-5-6-11-19(17)26(18)30/h5-6,9,11,13-14,20H,4,7-8,10,12,15-16H2,1-3H3. The molecule has 1 amide bonds. The Kier molecular flexibility index (Phi) is 6.93. The minimum absolute atomic E-state index is 0.151. The minimum Gasteiger partial charge on any atom is -0.618 e. The molecule has 1 fully saturated rings. The molecule has 1 unspecified atom stereocenters. The van der Waals surface area contributed by atoms with Crippen molar-refractivity contribution in [3.63, 3.8) is 0 Å². The number of esters is 1. The Hall–Kier alpha value is -2.96. The molecule has 31 heavy (non-hydrogen) atoms. The van der Waals surface area contributed by atoms with E-state index in [-0.39, 0.29) is 6.61 Å². The summed E-state index contributed by atoms with van der Waals surface area (Å²) in [7, 11) is 0. The first kappa shape index (κ1) is 22.7. The third-order valence-corrected chi connectivity index (χ3v) is 6.17. The average Bonchev–Trinajstić information content (AvgIpc) is 3.27. The number of ketones is 1. The number of nitrogens with zero attached hydrogens (tertiary/aromatic N) is 2. The zero-order valence-electron chi connectivity index (χ0n) is 18.4. The van der Waals surface area contributed by atoms with Crippen molar-refractivity contribution >= 4 is 28.6 Å². The molecule has 0 saturated carbocycles. The van der Waals surface area contributed by atoms with Gasteiger partial charge in [0.15, 0.2) is 5.69 Å². The van der Waals surface area contributed by atoms with E-state index in [2.05, 4.69) is 0 Å².